The second kappa shape index (κ2) is 4.97. The predicted molar refractivity (Wildman–Crippen MR) is 52.8 cm³/mol. The molecule has 0 atom stereocenters. The molecule has 0 fully saturated rings. The minimum Gasteiger partial charge on any atom is -0.484 e. The summed E-state index contributed by atoms with van der Waals surface area (Å²) in [6.45, 7) is -0.174. The predicted octanol–water partition coefficient (Wildman–Crippen LogP) is -0.846. The smallest absolute Gasteiger partial charge is 0.271 e. The molecule has 6 nitrogen and oxygen atoms in total. The van der Waals surface area contributed by atoms with Crippen LogP contribution in [0.1, 0.15) is 10.4 Å². The monoisotopic (exact) mass is 209 g/mol. The van der Waals surface area contributed by atoms with E-state index in [1.54, 1.807) is 12.1 Å². The van der Waals surface area contributed by atoms with E-state index in [2.05, 4.69) is 0 Å². The fourth-order valence-electron chi connectivity index (χ4n) is 0.906. The lowest BCUT2D eigenvalue weighted by molar-refractivity contribution is -0.123. The maximum Gasteiger partial charge on any atom is 0.271 e. The maximum atomic E-state index is 10.7. The van der Waals surface area contributed by atoms with E-state index in [9.17, 15) is 9.59 Å². The van der Waals surface area contributed by atoms with Gasteiger partial charge >= 0.3 is 0 Å². The Kier molecular flexibility index (Phi) is 3.64. The molecule has 0 saturated carbocycles. The highest BCUT2D eigenvalue weighted by Gasteiger charge is 2.02. The summed E-state index contributed by atoms with van der Waals surface area (Å²) in [6, 6.07) is 6.11. The van der Waals surface area contributed by atoms with Gasteiger partial charge in [0.25, 0.3) is 5.91 Å². The molecule has 0 radical (unpaired) electrons. The van der Waals surface area contributed by atoms with Gasteiger partial charge in [-0.1, -0.05) is 0 Å². The Hall–Kier alpha value is -2.08. The van der Waals surface area contributed by atoms with Crippen molar-refractivity contribution in [1.29, 1.82) is 0 Å². The number of nitrogens with one attached hydrogen (secondary N) is 1. The summed E-state index contributed by atoms with van der Waals surface area (Å²) in [5.74, 6) is 4.37. The molecule has 0 heterocycles. The zero-order valence-corrected chi connectivity index (χ0v) is 7.90. The molecule has 0 bridgehead atoms. The summed E-state index contributed by atoms with van der Waals surface area (Å²) in [4.78, 5) is 21.5. The first-order valence-corrected chi connectivity index (χ1v) is 4.15. The van der Waals surface area contributed by atoms with Crippen molar-refractivity contribution in [2.24, 2.45) is 11.6 Å². The summed E-state index contributed by atoms with van der Waals surface area (Å²) < 4.78 is 5.05. The van der Waals surface area contributed by atoms with E-state index in [-0.39, 0.29) is 6.61 Å². The molecule has 0 spiro atoms. The van der Waals surface area contributed by atoms with Gasteiger partial charge in [0.1, 0.15) is 5.75 Å². The van der Waals surface area contributed by atoms with E-state index in [1.807, 2.05) is 5.43 Å². The highest BCUT2D eigenvalue weighted by Crippen LogP contribution is 2.11. The Morgan fingerprint density at radius 1 is 1.27 bits per heavy atom. The van der Waals surface area contributed by atoms with Gasteiger partial charge in [0, 0.05) is 5.56 Å². The van der Waals surface area contributed by atoms with E-state index in [0.29, 0.717) is 11.3 Å². The zero-order valence-electron chi connectivity index (χ0n) is 7.90. The summed E-state index contributed by atoms with van der Waals surface area (Å²) in [6.07, 6.45) is 0. The van der Waals surface area contributed by atoms with Crippen molar-refractivity contribution in [3.63, 3.8) is 0 Å². The van der Waals surface area contributed by atoms with Gasteiger partial charge in [0.05, 0.1) is 0 Å². The molecule has 2 amide bonds. The van der Waals surface area contributed by atoms with Crippen LogP contribution in [0.5, 0.6) is 5.75 Å². The van der Waals surface area contributed by atoms with Crippen LogP contribution < -0.4 is 21.7 Å². The first kappa shape index (κ1) is 11.0. The molecule has 15 heavy (non-hydrogen) atoms. The first-order chi connectivity index (χ1) is 7.13. The van der Waals surface area contributed by atoms with Crippen LogP contribution in [-0.4, -0.2) is 18.4 Å². The van der Waals surface area contributed by atoms with E-state index >= 15 is 0 Å². The number of carbonyl (C=O) groups excluding carboxylic acids is 2. The topological polar surface area (TPSA) is 107 Å². The van der Waals surface area contributed by atoms with E-state index in [0.717, 1.165) is 0 Å². The molecule has 1 aromatic rings. The fraction of sp³-hybridized carbons (Fsp3) is 0.111. The quantitative estimate of drug-likeness (QED) is 0.341. The van der Waals surface area contributed by atoms with Gasteiger partial charge < -0.3 is 10.5 Å². The van der Waals surface area contributed by atoms with Crippen molar-refractivity contribution in [3.8, 4) is 5.75 Å². The zero-order chi connectivity index (χ0) is 11.3. The molecule has 6 heteroatoms. The van der Waals surface area contributed by atoms with Gasteiger partial charge in [-0.15, -0.1) is 0 Å². The Labute approximate surface area is 86.2 Å². The highest BCUT2D eigenvalue weighted by atomic mass is 16.5. The third-order valence-electron chi connectivity index (χ3n) is 1.67. The first-order valence-electron chi connectivity index (χ1n) is 4.15. The second-order valence-electron chi connectivity index (χ2n) is 2.74. The fourth-order valence-corrected chi connectivity index (χ4v) is 0.906. The van der Waals surface area contributed by atoms with E-state index in [4.69, 9.17) is 16.3 Å². The molecule has 0 unspecified atom stereocenters. The minimum absolute atomic E-state index is 0.174. The molecule has 0 aliphatic rings. The van der Waals surface area contributed by atoms with E-state index < -0.39 is 11.8 Å². The molecule has 1 aromatic carbocycles. The van der Waals surface area contributed by atoms with E-state index in [1.165, 1.54) is 12.1 Å². The van der Waals surface area contributed by atoms with Crippen molar-refractivity contribution < 1.29 is 14.3 Å². The molecule has 0 saturated heterocycles. The standard InChI is InChI=1S/C9H11N3O3/c10-9(14)6-1-3-7(4-2-6)15-5-8(13)12-11/h1-4H,5,11H2,(H2,10,14)(H,12,13). The number of rotatable bonds is 4. The average Bonchev–Trinajstić information content (AvgIpc) is 2.26. The lowest BCUT2D eigenvalue weighted by Crippen LogP contribution is -2.34. The Balaban J connectivity index is 2.57. The summed E-state index contributed by atoms with van der Waals surface area (Å²) >= 11 is 0. The molecule has 0 aliphatic carbocycles. The van der Waals surface area contributed by atoms with Crippen molar-refractivity contribution in [2.45, 2.75) is 0 Å². The van der Waals surface area contributed by atoms with Gasteiger partial charge in [-0.3, -0.25) is 15.0 Å². The number of amides is 2. The van der Waals surface area contributed by atoms with Crippen LogP contribution in [0.25, 0.3) is 0 Å². The molecule has 5 N–H and O–H groups in total. The SMILES string of the molecule is NNC(=O)COc1ccc(C(N)=O)cc1. The third-order valence-corrected chi connectivity index (χ3v) is 1.67. The number of hydrogen-bond donors (Lipinski definition) is 3. The maximum absolute atomic E-state index is 10.7. The Morgan fingerprint density at radius 3 is 2.33 bits per heavy atom. The molecule has 0 aliphatic heterocycles. The van der Waals surface area contributed by atoms with Gasteiger partial charge in [-0.05, 0) is 24.3 Å². The number of nitrogens with two attached hydrogens (primary N) is 2. The van der Waals surface area contributed by atoms with Crippen LogP contribution in [-0.2, 0) is 4.79 Å². The minimum atomic E-state index is -0.513. The number of primary amides is 1. The largest absolute Gasteiger partial charge is 0.484 e. The number of ether oxygens (including phenoxy) is 1. The normalized spacial score (nSPS) is 9.40. The van der Waals surface area contributed by atoms with Gasteiger partial charge in [-0.2, -0.15) is 0 Å². The van der Waals surface area contributed by atoms with Gasteiger partial charge in [0.15, 0.2) is 6.61 Å². The molecule has 0 aromatic heterocycles. The van der Waals surface area contributed by atoms with Crippen LogP contribution in [0.3, 0.4) is 0 Å². The lowest BCUT2D eigenvalue weighted by Gasteiger charge is -2.04. The van der Waals surface area contributed by atoms with Crippen LogP contribution >= 0.6 is 0 Å². The van der Waals surface area contributed by atoms with Crippen LogP contribution in [0, 0.1) is 0 Å². The van der Waals surface area contributed by atoms with Crippen molar-refractivity contribution >= 4 is 11.8 Å². The molecule has 80 valence electrons. The number of hydrogen-bond acceptors (Lipinski definition) is 4. The van der Waals surface area contributed by atoms with Crippen LogP contribution in [0.15, 0.2) is 24.3 Å². The van der Waals surface area contributed by atoms with Crippen LogP contribution in [0.4, 0.5) is 0 Å². The second-order valence-corrected chi connectivity index (χ2v) is 2.74. The number of benzene rings is 1. The average molecular weight is 209 g/mol. The third kappa shape index (κ3) is 3.28. The van der Waals surface area contributed by atoms with Crippen molar-refractivity contribution in [3.05, 3.63) is 29.8 Å². The molecular formula is C9H11N3O3. The van der Waals surface area contributed by atoms with Crippen LogP contribution in [0.2, 0.25) is 0 Å². The van der Waals surface area contributed by atoms with Crippen molar-refractivity contribution in [1.82, 2.24) is 5.43 Å². The summed E-state index contributed by atoms with van der Waals surface area (Å²) in [5.41, 5.74) is 7.35. The van der Waals surface area contributed by atoms with Crippen molar-refractivity contribution in [2.75, 3.05) is 6.61 Å². The molecule has 1 rings (SSSR count). The molecular weight excluding hydrogens is 198 g/mol. The summed E-state index contributed by atoms with van der Waals surface area (Å²) in [5, 5.41) is 0. The highest BCUT2D eigenvalue weighted by molar-refractivity contribution is 5.92. The Bertz CT molecular complexity index is 361. The number of hydrazine groups is 1. The lowest BCUT2D eigenvalue weighted by atomic mass is 10.2. The Morgan fingerprint density at radius 2 is 1.87 bits per heavy atom. The van der Waals surface area contributed by atoms with Gasteiger partial charge in [0.2, 0.25) is 5.91 Å². The van der Waals surface area contributed by atoms with Gasteiger partial charge in [-0.25, -0.2) is 5.84 Å². The summed E-state index contributed by atoms with van der Waals surface area (Å²) in [7, 11) is 0. The number of carbonyl (C=O) groups is 2.